The predicted molar refractivity (Wildman–Crippen MR) is 77.9 cm³/mol. The maximum atomic E-state index is 11.2. The van der Waals surface area contributed by atoms with E-state index in [1.54, 1.807) is 0 Å². The third-order valence-corrected chi connectivity index (χ3v) is 4.13. The molecule has 1 aromatic rings. The van der Waals surface area contributed by atoms with E-state index in [1.165, 1.54) is 25.5 Å². The van der Waals surface area contributed by atoms with Gasteiger partial charge >= 0.3 is 5.97 Å². The Morgan fingerprint density at radius 3 is 2.67 bits per heavy atom. The van der Waals surface area contributed by atoms with Crippen LogP contribution in [0.1, 0.15) is 25.3 Å². The summed E-state index contributed by atoms with van der Waals surface area (Å²) in [6.07, 6.45) is 3.56. The Bertz CT molecular complexity index is 338. The first kappa shape index (κ1) is 15.1. The van der Waals surface area contributed by atoms with Gasteiger partial charge < -0.3 is 4.74 Å². The lowest BCUT2D eigenvalue weighted by atomic mass is 10.1. The molecule has 0 amide bonds. The zero-order valence-electron chi connectivity index (χ0n) is 11.2. The molecule has 0 heterocycles. The molecule has 0 aromatic heterocycles. The number of rotatable bonds is 8. The van der Waals surface area contributed by atoms with Crippen LogP contribution < -0.4 is 0 Å². The van der Waals surface area contributed by atoms with Crippen LogP contribution in [0.25, 0.3) is 0 Å². The monoisotopic (exact) mass is 266 g/mol. The van der Waals surface area contributed by atoms with Gasteiger partial charge in [-0.15, -0.1) is 0 Å². The molecule has 1 unspecified atom stereocenters. The molecule has 0 aliphatic carbocycles. The number of methoxy groups -OCH3 is 1. The van der Waals surface area contributed by atoms with Crippen molar-refractivity contribution in [3.63, 3.8) is 0 Å². The van der Waals surface area contributed by atoms with Crippen molar-refractivity contribution in [2.45, 2.75) is 26.2 Å². The highest BCUT2D eigenvalue weighted by molar-refractivity contribution is 7.99. The number of hydrogen-bond donors (Lipinski definition) is 0. The van der Waals surface area contributed by atoms with Gasteiger partial charge in [0, 0.05) is 5.75 Å². The summed E-state index contributed by atoms with van der Waals surface area (Å²) >= 11 is 1.84. The molecule has 0 saturated heterocycles. The maximum Gasteiger partial charge on any atom is 0.309 e. The average molecular weight is 266 g/mol. The molecule has 0 N–H and O–H groups in total. The van der Waals surface area contributed by atoms with Crippen molar-refractivity contribution in [2.75, 3.05) is 18.6 Å². The van der Waals surface area contributed by atoms with Crippen LogP contribution in [0.4, 0.5) is 0 Å². The van der Waals surface area contributed by atoms with Gasteiger partial charge in [0.25, 0.3) is 0 Å². The van der Waals surface area contributed by atoms with Crippen molar-refractivity contribution in [1.29, 1.82) is 0 Å². The van der Waals surface area contributed by atoms with Crippen molar-refractivity contribution in [3.05, 3.63) is 35.9 Å². The molecule has 3 heteroatoms. The lowest BCUT2D eigenvalue weighted by molar-refractivity contribution is -0.143. The summed E-state index contributed by atoms with van der Waals surface area (Å²) in [5, 5.41) is 0. The summed E-state index contributed by atoms with van der Waals surface area (Å²) in [4.78, 5) is 11.2. The summed E-state index contributed by atoms with van der Waals surface area (Å²) in [5.74, 6) is 1.88. The van der Waals surface area contributed by atoms with E-state index >= 15 is 0 Å². The van der Waals surface area contributed by atoms with E-state index in [0.717, 1.165) is 17.9 Å². The number of carbonyl (C=O) groups excluding carboxylic acids is 1. The molecule has 0 bridgehead atoms. The topological polar surface area (TPSA) is 26.3 Å². The van der Waals surface area contributed by atoms with Crippen LogP contribution in [-0.4, -0.2) is 24.6 Å². The molecule has 1 rings (SSSR count). The van der Waals surface area contributed by atoms with Gasteiger partial charge in [-0.1, -0.05) is 37.3 Å². The number of hydrogen-bond acceptors (Lipinski definition) is 3. The van der Waals surface area contributed by atoms with Crippen LogP contribution in [0.5, 0.6) is 0 Å². The summed E-state index contributed by atoms with van der Waals surface area (Å²) in [5.41, 5.74) is 1.41. The molecule has 0 saturated carbocycles. The molecule has 100 valence electrons. The highest BCUT2D eigenvalue weighted by atomic mass is 32.2. The zero-order valence-corrected chi connectivity index (χ0v) is 12.0. The third kappa shape index (κ3) is 6.10. The van der Waals surface area contributed by atoms with E-state index in [1.807, 2.05) is 24.8 Å². The number of ether oxygens (including phenoxy) is 1. The summed E-state index contributed by atoms with van der Waals surface area (Å²) < 4.78 is 4.70. The van der Waals surface area contributed by atoms with E-state index < -0.39 is 0 Å². The first-order chi connectivity index (χ1) is 8.74. The quantitative estimate of drug-likeness (QED) is 0.531. The first-order valence-electron chi connectivity index (χ1n) is 6.43. The molecule has 0 radical (unpaired) electrons. The molecular formula is C15H22O2S. The normalized spacial score (nSPS) is 12.1. The lowest BCUT2D eigenvalue weighted by Crippen LogP contribution is -2.15. The minimum atomic E-state index is -0.105. The molecule has 1 aromatic carbocycles. The Balaban J connectivity index is 2.01. The molecule has 2 nitrogen and oxygen atoms in total. The SMILES string of the molecule is COC(=O)C(C)CSCCCCc1ccccc1. The predicted octanol–water partition coefficient (Wildman–Crippen LogP) is 3.55. The fraction of sp³-hybridized carbons (Fsp3) is 0.533. The maximum absolute atomic E-state index is 11.2. The molecule has 0 spiro atoms. The van der Waals surface area contributed by atoms with Crippen molar-refractivity contribution in [1.82, 2.24) is 0 Å². The van der Waals surface area contributed by atoms with Crippen LogP contribution in [0, 0.1) is 5.92 Å². The van der Waals surface area contributed by atoms with E-state index in [9.17, 15) is 4.79 Å². The number of aryl methyl sites for hydroxylation is 1. The van der Waals surface area contributed by atoms with Gasteiger partial charge in [0.1, 0.15) is 0 Å². The van der Waals surface area contributed by atoms with E-state index in [-0.39, 0.29) is 11.9 Å². The average Bonchev–Trinajstić information content (AvgIpc) is 2.42. The second-order valence-corrected chi connectivity index (χ2v) is 5.59. The van der Waals surface area contributed by atoms with Gasteiger partial charge in [-0.05, 0) is 30.6 Å². The Kier molecular flexibility index (Phi) is 7.58. The van der Waals surface area contributed by atoms with Crippen molar-refractivity contribution in [2.24, 2.45) is 5.92 Å². The number of carbonyl (C=O) groups is 1. The second kappa shape index (κ2) is 9.03. The highest BCUT2D eigenvalue weighted by Gasteiger charge is 2.12. The summed E-state index contributed by atoms with van der Waals surface area (Å²) in [7, 11) is 1.45. The van der Waals surface area contributed by atoms with Crippen LogP contribution in [0.3, 0.4) is 0 Å². The first-order valence-corrected chi connectivity index (χ1v) is 7.59. The smallest absolute Gasteiger partial charge is 0.309 e. The number of unbranched alkanes of at least 4 members (excludes halogenated alkanes) is 1. The van der Waals surface area contributed by atoms with Crippen LogP contribution in [0.2, 0.25) is 0 Å². The van der Waals surface area contributed by atoms with Gasteiger partial charge in [-0.3, -0.25) is 4.79 Å². The molecule has 1 atom stereocenters. The largest absolute Gasteiger partial charge is 0.469 e. The Labute approximate surface area is 114 Å². The van der Waals surface area contributed by atoms with Crippen molar-refractivity contribution >= 4 is 17.7 Å². The standard InChI is InChI=1S/C15H22O2S/c1-13(15(16)17-2)12-18-11-7-6-10-14-8-4-3-5-9-14/h3-5,8-9,13H,6-7,10-12H2,1-2H3. The molecule has 0 aliphatic rings. The minimum absolute atomic E-state index is 0.00845. The van der Waals surface area contributed by atoms with Crippen molar-refractivity contribution < 1.29 is 9.53 Å². The number of benzene rings is 1. The Morgan fingerprint density at radius 1 is 1.28 bits per heavy atom. The zero-order chi connectivity index (χ0) is 13.2. The molecular weight excluding hydrogens is 244 g/mol. The number of esters is 1. The highest BCUT2D eigenvalue weighted by Crippen LogP contribution is 2.13. The van der Waals surface area contributed by atoms with Gasteiger partial charge in [-0.25, -0.2) is 0 Å². The van der Waals surface area contributed by atoms with Crippen LogP contribution >= 0.6 is 11.8 Å². The van der Waals surface area contributed by atoms with Crippen molar-refractivity contribution in [3.8, 4) is 0 Å². The Hall–Kier alpha value is -0.960. The summed E-state index contributed by atoms with van der Waals surface area (Å²) in [6, 6.07) is 10.6. The lowest BCUT2D eigenvalue weighted by Gasteiger charge is -2.08. The molecule has 18 heavy (non-hydrogen) atoms. The van der Waals surface area contributed by atoms with Gasteiger partial charge in [0.05, 0.1) is 13.0 Å². The van der Waals surface area contributed by atoms with Gasteiger partial charge in [0.2, 0.25) is 0 Å². The second-order valence-electron chi connectivity index (χ2n) is 4.44. The fourth-order valence-corrected chi connectivity index (χ4v) is 2.77. The number of thioether (sulfide) groups is 1. The minimum Gasteiger partial charge on any atom is -0.469 e. The fourth-order valence-electron chi connectivity index (χ4n) is 1.71. The van der Waals surface area contributed by atoms with Gasteiger partial charge in [-0.2, -0.15) is 11.8 Å². The molecule has 0 fully saturated rings. The van der Waals surface area contributed by atoms with Crippen LogP contribution in [0.15, 0.2) is 30.3 Å². The molecule has 0 aliphatic heterocycles. The van der Waals surface area contributed by atoms with Crippen LogP contribution in [-0.2, 0) is 16.0 Å². The van der Waals surface area contributed by atoms with Gasteiger partial charge in [0.15, 0.2) is 0 Å². The Morgan fingerprint density at radius 2 is 2.00 bits per heavy atom. The van der Waals surface area contributed by atoms with E-state index in [0.29, 0.717) is 0 Å². The van der Waals surface area contributed by atoms with E-state index in [4.69, 9.17) is 4.74 Å². The van der Waals surface area contributed by atoms with E-state index in [2.05, 4.69) is 24.3 Å². The summed E-state index contributed by atoms with van der Waals surface area (Å²) in [6.45, 7) is 1.92. The third-order valence-electron chi connectivity index (χ3n) is 2.82.